The van der Waals surface area contributed by atoms with Gasteiger partial charge in [-0.25, -0.2) is 0 Å². The van der Waals surface area contributed by atoms with Crippen LogP contribution in [0.3, 0.4) is 0 Å². The van der Waals surface area contributed by atoms with Gasteiger partial charge >= 0.3 is 189 Å². The van der Waals surface area contributed by atoms with Gasteiger partial charge in [0.1, 0.15) is 0 Å². The van der Waals surface area contributed by atoms with E-state index in [1.165, 1.54) is 115 Å². The first kappa shape index (κ1) is 27.4. The first-order valence-corrected chi connectivity index (χ1v) is 15.9. The van der Waals surface area contributed by atoms with Gasteiger partial charge in [-0.1, -0.05) is 0 Å². The van der Waals surface area contributed by atoms with Crippen LogP contribution in [0.5, 0.6) is 0 Å². The predicted octanol–water partition coefficient (Wildman–Crippen LogP) is 9.49. The van der Waals surface area contributed by atoms with E-state index in [4.69, 9.17) is 0 Å². The molecule has 0 saturated carbocycles. The van der Waals surface area contributed by atoms with Crippen molar-refractivity contribution in [3.63, 3.8) is 0 Å². The van der Waals surface area contributed by atoms with E-state index in [1.54, 1.807) is 0 Å². The van der Waals surface area contributed by atoms with Crippen LogP contribution < -0.4 is 0 Å². The molecule has 0 N–H and O–H groups in total. The summed E-state index contributed by atoms with van der Waals surface area (Å²) in [6.07, 6.45) is 23.4. The van der Waals surface area contributed by atoms with Crippen LogP contribution in [0.15, 0.2) is 30.3 Å². The first-order valence-electron chi connectivity index (χ1n) is 13.3. The molecular weight excluding hydrogens is 383 g/mol. The van der Waals surface area contributed by atoms with Gasteiger partial charge in [0.25, 0.3) is 0 Å². The van der Waals surface area contributed by atoms with E-state index in [0.717, 1.165) is 5.56 Å². The van der Waals surface area contributed by atoms with Crippen LogP contribution in [0.1, 0.15) is 127 Å². The van der Waals surface area contributed by atoms with Crippen LogP contribution >= 0.6 is 7.26 Å². The second-order valence-corrected chi connectivity index (χ2v) is 14.0. The molecule has 0 aliphatic heterocycles. The molecule has 0 radical (unpaired) electrons. The van der Waals surface area contributed by atoms with Crippen molar-refractivity contribution in [1.82, 2.24) is 0 Å². The van der Waals surface area contributed by atoms with E-state index < -0.39 is 7.26 Å². The molecule has 0 heterocycles. The van der Waals surface area contributed by atoms with Crippen molar-refractivity contribution in [2.45, 2.75) is 117 Å². The second-order valence-electron chi connectivity index (χ2n) is 9.47. The number of hydrogen-bond donors (Lipinski definition) is 0. The maximum absolute atomic E-state index is 13.9. The summed E-state index contributed by atoms with van der Waals surface area (Å²) in [5.41, 5.74) is 1.57. The van der Waals surface area contributed by atoms with Gasteiger partial charge in [-0.05, 0) is 0 Å². The topological polar surface area (TPSA) is 17.1 Å². The summed E-state index contributed by atoms with van der Waals surface area (Å²) in [7, 11) is -1.96. The molecule has 1 aromatic rings. The van der Waals surface area contributed by atoms with Crippen LogP contribution in [0.4, 0.5) is 0 Å². The molecule has 0 fully saturated rings. The molecule has 174 valence electrons. The van der Waals surface area contributed by atoms with Crippen molar-refractivity contribution >= 4 is 12.8 Å². The van der Waals surface area contributed by atoms with Crippen LogP contribution in [0.2, 0.25) is 0 Å². The minimum absolute atomic E-state index is 0.574. The van der Waals surface area contributed by atoms with Crippen molar-refractivity contribution in [2.24, 2.45) is 0 Å². The molecule has 0 aromatic heterocycles. The van der Waals surface area contributed by atoms with Crippen molar-refractivity contribution in [3.05, 3.63) is 35.9 Å². The van der Waals surface area contributed by atoms with Crippen molar-refractivity contribution in [1.29, 1.82) is 0 Å². The molecule has 0 spiro atoms. The van der Waals surface area contributed by atoms with E-state index >= 15 is 0 Å². The predicted molar refractivity (Wildman–Crippen MR) is 140 cm³/mol. The SMILES string of the molecule is CCCCCCC[PH](CCCCCCC)(CCCCCCC)C(=O)c1ccccc1. The third-order valence-corrected chi connectivity index (χ3v) is 12.0. The van der Waals surface area contributed by atoms with Gasteiger partial charge in [0.2, 0.25) is 0 Å². The summed E-state index contributed by atoms with van der Waals surface area (Å²) in [4.78, 5) is 13.9. The Morgan fingerprint density at radius 3 is 1.30 bits per heavy atom. The van der Waals surface area contributed by atoms with E-state index in [-0.39, 0.29) is 0 Å². The van der Waals surface area contributed by atoms with E-state index in [1.807, 2.05) is 6.07 Å². The number of carbonyl (C=O) groups is 1. The Kier molecular flexibility index (Phi) is 16.4. The molecule has 0 bridgehead atoms. The molecule has 0 amide bonds. The summed E-state index contributed by atoms with van der Waals surface area (Å²) in [5.74, 6) is 0. The number of hydrogen-bond acceptors (Lipinski definition) is 1. The van der Waals surface area contributed by atoms with Crippen LogP contribution in [-0.2, 0) is 0 Å². The normalized spacial score (nSPS) is 12.2. The Bertz CT molecular complexity index is 489. The average Bonchev–Trinajstić information content (AvgIpc) is 2.78. The number of rotatable bonds is 20. The molecule has 0 atom stereocenters. The maximum atomic E-state index is 13.9. The summed E-state index contributed by atoms with van der Waals surface area (Å²) in [6, 6.07) is 10.3. The third-order valence-electron chi connectivity index (χ3n) is 6.79. The number of benzene rings is 1. The van der Waals surface area contributed by atoms with Crippen molar-refractivity contribution in [2.75, 3.05) is 18.5 Å². The monoisotopic (exact) mass is 434 g/mol. The molecule has 0 aliphatic carbocycles. The zero-order valence-electron chi connectivity index (χ0n) is 20.5. The molecule has 1 rings (SSSR count). The van der Waals surface area contributed by atoms with Gasteiger partial charge < -0.3 is 0 Å². The molecule has 2 heteroatoms. The molecule has 30 heavy (non-hydrogen) atoms. The first-order chi connectivity index (χ1) is 14.7. The Labute approximate surface area is 189 Å². The van der Waals surface area contributed by atoms with Gasteiger partial charge in [0.05, 0.1) is 0 Å². The molecule has 0 saturated heterocycles. The fraction of sp³-hybridized carbons (Fsp3) is 0.750. The number of unbranched alkanes of at least 4 members (excludes halogenated alkanes) is 12. The molecule has 0 unspecified atom stereocenters. The minimum atomic E-state index is -1.96. The molecule has 0 aliphatic rings. The zero-order chi connectivity index (χ0) is 21.9. The summed E-state index contributed by atoms with van der Waals surface area (Å²) in [5, 5.41) is 0. The van der Waals surface area contributed by atoms with E-state index in [0.29, 0.717) is 5.52 Å². The van der Waals surface area contributed by atoms with Gasteiger partial charge in [-0.15, -0.1) is 0 Å². The fourth-order valence-corrected chi connectivity index (χ4v) is 9.80. The van der Waals surface area contributed by atoms with E-state index in [2.05, 4.69) is 45.0 Å². The Morgan fingerprint density at radius 1 is 0.567 bits per heavy atom. The molecule has 1 aromatic carbocycles. The zero-order valence-corrected chi connectivity index (χ0v) is 21.5. The number of carbonyl (C=O) groups excluding carboxylic acids is 1. The summed E-state index contributed by atoms with van der Waals surface area (Å²) >= 11 is 0. The Morgan fingerprint density at radius 2 is 0.933 bits per heavy atom. The van der Waals surface area contributed by atoms with Gasteiger partial charge in [-0.3, -0.25) is 0 Å². The standard InChI is InChI=1S/C28H51OP/c1-4-7-10-13-19-24-30(25-20-14-11-8-5-2,26-21-15-12-9-6-3)28(29)27-22-17-16-18-23-27/h16-18,22-23,30H,4-15,19-21,24-26H2,1-3H3. The van der Waals surface area contributed by atoms with Crippen LogP contribution in [0.25, 0.3) is 0 Å². The molecule has 1 nitrogen and oxygen atoms in total. The Balaban J connectivity index is 2.88. The molecular formula is C28H51OP. The summed E-state index contributed by atoms with van der Waals surface area (Å²) < 4.78 is 0. The second kappa shape index (κ2) is 17.9. The average molecular weight is 435 g/mol. The quantitative estimate of drug-likeness (QED) is 0.147. The third kappa shape index (κ3) is 11.1. The fourth-order valence-electron chi connectivity index (χ4n) is 4.81. The summed E-state index contributed by atoms with van der Waals surface area (Å²) in [6.45, 7) is 6.85. The van der Waals surface area contributed by atoms with Gasteiger partial charge in [0.15, 0.2) is 0 Å². The van der Waals surface area contributed by atoms with Gasteiger partial charge in [-0.2, -0.15) is 0 Å². The van der Waals surface area contributed by atoms with Crippen molar-refractivity contribution < 1.29 is 4.79 Å². The van der Waals surface area contributed by atoms with Crippen molar-refractivity contribution in [3.8, 4) is 0 Å². The Hall–Kier alpha value is -0.680. The van der Waals surface area contributed by atoms with Gasteiger partial charge in [0, 0.05) is 0 Å². The van der Waals surface area contributed by atoms with Crippen LogP contribution in [0, 0.1) is 0 Å². The van der Waals surface area contributed by atoms with E-state index in [9.17, 15) is 4.79 Å². The van der Waals surface area contributed by atoms with Crippen LogP contribution in [-0.4, -0.2) is 24.0 Å².